The minimum absolute atomic E-state index is 0. The van der Waals surface area contributed by atoms with Crippen molar-refractivity contribution in [3.8, 4) is 0 Å². The maximum atomic E-state index is 11.9. The summed E-state index contributed by atoms with van der Waals surface area (Å²) in [5, 5.41) is 0. The highest BCUT2D eigenvalue weighted by atomic mass is 35.5. The zero-order chi connectivity index (χ0) is 12.0. The van der Waals surface area contributed by atoms with Crippen molar-refractivity contribution >= 4 is 18.3 Å². The van der Waals surface area contributed by atoms with Gasteiger partial charge < -0.3 is 15.1 Å². The Labute approximate surface area is 108 Å². The fourth-order valence-electron chi connectivity index (χ4n) is 1.39. The van der Waals surface area contributed by atoms with E-state index in [1.807, 2.05) is 6.08 Å². The Hall–Kier alpha value is -1.26. The number of nitrogens with zero attached hydrogens (tertiary/aromatic N) is 1. The largest absolute Gasteiger partial charge is 0.467 e. The van der Waals surface area contributed by atoms with E-state index in [2.05, 4.69) is 6.58 Å². The summed E-state index contributed by atoms with van der Waals surface area (Å²) in [5.74, 6) is 0.593. The number of carbonyl (C=O) groups is 1. The van der Waals surface area contributed by atoms with Crippen LogP contribution in [-0.2, 0) is 6.54 Å². The standard InChI is InChI=1S/C12H18N2O2.ClH/c1-3-4-5-6-14(2)12(15)10-7-11(8-13)16-9-10;/h3,7,9H,1,4-6,8,13H2,2H3;1H. The normalized spacial score (nSPS) is 9.53. The van der Waals surface area contributed by atoms with Gasteiger partial charge in [-0.05, 0) is 18.9 Å². The van der Waals surface area contributed by atoms with E-state index in [4.69, 9.17) is 10.2 Å². The Morgan fingerprint density at radius 3 is 2.88 bits per heavy atom. The second kappa shape index (κ2) is 7.92. The van der Waals surface area contributed by atoms with Crippen LogP contribution in [0.5, 0.6) is 0 Å². The Balaban J connectivity index is 0.00000256. The van der Waals surface area contributed by atoms with Crippen molar-refractivity contribution in [3.63, 3.8) is 0 Å². The molecule has 1 aromatic rings. The lowest BCUT2D eigenvalue weighted by atomic mass is 10.2. The summed E-state index contributed by atoms with van der Waals surface area (Å²) in [6.45, 7) is 4.67. The van der Waals surface area contributed by atoms with Crippen LogP contribution in [0, 0.1) is 0 Å². The van der Waals surface area contributed by atoms with Crippen LogP contribution < -0.4 is 5.73 Å². The molecule has 1 aromatic heterocycles. The average Bonchev–Trinajstić information content (AvgIpc) is 2.76. The molecule has 0 atom stereocenters. The number of rotatable bonds is 6. The molecule has 4 nitrogen and oxygen atoms in total. The van der Waals surface area contributed by atoms with Crippen LogP contribution in [0.4, 0.5) is 0 Å². The van der Waals surface area contributed by atoms with Crippen LogP contribution in [0.15, 0.2) is 29.4 Å². The number of hydrogen-bond donors (Lipinski definition) is 1. The highest BCUT2D eigenvalue weighted by Crippen LogP contribution is 2.10. The fourth-order valence-corrected chi connectivity index (χ4v) is 1.39. The molecule has 0 aliphatic rings. The molecular formula is C12H19ClN2O2. The minimum Gasteiger partial charge on any atom is -0.467 e. The van der Waals surface area contributed by atoms with Gasteiger partial charge in [-0.3, -0.25) is 4.79 Å². The van der Waals surface area contributed by atoms with Gasteiger partial charge in [0.2, 0.25) is 0 Å². The number of amides is 1. The maximum Gasteiger partial charge on any atom is 0.256 e. The quantitative estimate of drug-likeness (QED) is 0.629. The molecule has 0 aliphatic heterocycles. The zero-order valence-corrected chi connectivity index (χ0v) is 10.8. The lowest BCUT2D eigenvalue weighted by Crippen LogP contribution is -2.27. The van der Waals surface area contributed by atoms with E-state index in [1.165, 1.54) is 6.26 Å². The Morgan fingerprint density at radius 2 is 2.35 bits per heavy atom. The van der Waals surface area contributed by atoms with Gasteiger partial charge in [-0.15, -0.1) is 19.0 Å². The van der Waals surface area contributed by atoms with Gasteiger partial charge in [0.05, 0.1) is 12.1 Å². The lowest BCUT2D eigenvalue weighted by Gasteiger charge is -2.15. The van der Waals surface area contributed by atoms with E-state index in [-0.39, 0.29) is 18.3 Å². The molecule has 2 N–H and O–H groups in total. The van der Waals surface area contributed by atoms with Crippen LogP contribution in [0.1, 0.15) is 29.0 Å². The zero-order valence-electron chi connectivity index (χ0n) is 10.0. The summed E-state index contributed by atoms with van der Waals surface area (Å²) < 4.78 is 5.12. The summed E-state index contributed by atoms with van der Waals surface area (Å²) in [4.78, 5) is 13.5. The molecule has 0 bridgehead atoms. The molecule has 0 aromatic carbocycles. The summed E-state index contributed by atoms with van der Waals surface area (Å²) >= 11 is 0. The molecular weight excluding hydrogens is 240 g/mol. The third kappa shape index (κ3) is 4.63. The van der Waals surface area contributed by atoms with E-state index < -0.39 is 0 Å². The van der Waals surface area contributed by atoms with Crippen molar-refractivity contribution in [2.45, 2.75) is 19.4 Å². The van der Waals surface area contributed by atoms with Gasteiger partial charge in [0.25, 0.3) is 5.91 Å². The molecule has 0 spiro atoms. The molecule has 17 heavy (non-hydrogen) atoms. The molecule has 96 valence electrons. The minimum atomic E-state index is -0.0347. The van der Waals surface area contributed by atoms with Gasteiger partial charge in [-0.1, -0.05) is 6.08 Å². The van der Waals surface area contributed by atoms with Gasteiger partial charge in [-0.2, -0.15) is 0 Å². The van der Waals surface area contributed by atoms with E-state index in [0.29, 0.717) is 24.4 Å². The summed E-state index contributed by atoms with van der Waals surface area (Å²) in [7, 11) is 1.78. The molecule has 1 amide bonds. The second-order valence-electron chi connectivity index (χ2n) is 3.66. The number of unbranched alkanes of at least 4 members (excludes halogenated alkanes) is 1. The first kappa shape index (κ1) is 15.7. The SMILES string of the molecule is C=CCCCN(C)C(=O)c1coc(CN)c1.Cl. The van der Waals surface area contributed by atoms with Gasteiger partial charge in [0.1, 0.15) is 12.0 Å². The van der Waals surface area contributed by atoms with Gasteiger partial charge in [-0.25, -0.2) is 0 Å². The van der Waals surface area contributed by atoms with Gasteiger partial charge >= 0.3 is 0 Å². The van der Waals surface area contributed by atoms with Crippen molar-refractivity contribution in [1.29, 1.82) is 0 Å². The van der Waals surface area contributed by atoms with E-state index in [0.717, 1.165) is 12.8 Å². The smallest absolute Gasteiger partial charge is 0.256 e. The summed E-state index contributed by atoms with van der Waals surface area (Å²) in [6, 6.07) is 1.69. The maximum absolute atomic E-state index is 11.9. The number of hydrogen-bond acceptors (Lipinski definition) is 3. The molecule has 0 unspecified atom stereocenters. The monoisotopic (exact) mass is 258 g/mol. The third-order valence-electron chi connectivity index (χ3n) is 2.35. The number of allylic oxidation sites excluding steroid dienone is 1. The van der Waals surface area contributed by atoms with Crippen LogP contribution in [-0.4, -0.2) is 24.4 Å². The topological polar surface area (TPSA) is 59.5 Å². The highest BCUT2D eigenvalue weighted by molar-refractivity contribution is 5.93. The van der Waals surface area contributed by atoms with Crippen LogP contribution in [0.25, 0.3) is 0 Å². The molecule has 1 rings (SSSR count). The molecule has 5 heteroatoms. The Morgan fingerprint density at radius 1 is 1.65 bits per heavy atom. The Bertz CT molecular complexity index is 363. The average molecular weight is 259 g/mol. The first-order valence-corrected chi connectivity index (χ1v) is 5.33. The first-order chi connectivity index (χ1) is 7.69. The fraction of sp³-hybridized carbons (Fsp3) is 0.417. The first-order valence-electron chi connectivity index (χ1n) is 5.33. The Kier molecular flexibility index (Phi) is 7.34. The van der Waals surface area contributed by atoms with Gasteiger partial charge in [0.15, 0.2) is 0 Å². The third-order valence-corrected chi connectivity index (χ3v) is 2.35. The van der Waals surface area contributed by atoms with Crippen LogP contribution >= 0.6 is 12.4 Å². The molecule has 0 saturated heterocycles. The molecule has 0 saturated carbocycles. The number of nitrogens with two attached hydrogens (primary N) is 1. The van der Waals surface area contributed by atoms with Crippen molar-refractivity contribution in [2.75, 3.05) is 13.6 Å². The van der Waals surface area contributed by atoms with E-state index in [9.17, 15) is 4.79 Å². The number of carbonyl (C=O) groups excluding carboxylic acids is 1. The van der Waals surface area contributed by atoms with Gasteiger partial charge in [0, 0.05) is 13.6 Å². The predicted octanol–water partition coefficient (Wildman–Crippen LogP) is 2.20. The van der Waals surface area contributed by atoms with Crippen LogP contribution in [0.2, 0.25) is 0 Å². The second-order valence-corrected chi connectivity index (χ2v) is 3.66. The number of halogens is 1. The van der Waals surface area contributed by atoms with Crippen LogP contribution in [0.3, 0.4) is 0 Å². The number of furan rings is 1. The van der Waals surface area contributed by atoms with E-state index in [1.54, 1.807) is 18.0 Å². The van der Waals surface area contributed by atoms with Crippen molar-refractivity contribution < 1.29 is 9.21 Å². The predicted molar refractivity (Wildman–Crippen MR) is 70.2 cm³/mol. The lowest BCUT2D eigenvalue weighted by molar-refractivity contribution is 0.0793. The van der Waals surface area contributed by atoms with Crippen molar-refractivity contribution in [2.24, 2.45) is 5.73 Å². The van der Waals surface area contributed by atoms with Crippen molar-refractivity contribution in [3.05, 3.63) is 36.3 Å². The summed E-state index contributed by atoms with van der Waals surface area (Å²) in [5.41, 5.74) is 5.96. The van der Waals surface area contributed by atoms with Crippen molar-refractivity contribution in [1.82, 2.24) is 4.90 Å². The molecule has 0 fully saturated rings. The molecule has 0 aliphatic carbocycles. The highest BCUT2D eigenvalue weighted by Gasteiger charge is 2.13. The summed E-state index contributed by atoms with van der Waals surface area (Å²) in [6.07, 6.45) is 5.14. The van der Waals surface area contributed by atoms with E-state index >= 15 is 0 Å². The molecule has 1 heterocycles. The molecule has 0 radical (unpaired) electrons.